The minimum Gasteiger partial charge on any atom is -0.392 e. The Balaban J connectivity index is 1.63. The van der Waals surface area contributed by atoms with Crippen molar-refractivity contribution in [3.8, 4) is 11.1 Å². The SMILES string of the molecule is CC(C)C1N(C(=O)C(C)(C)C)CCC12C(=O)N(c1cccc(-c3ccc(CO)c(S(C)(=O)=O)c3)c1)c1ccccc12. The maximum atomic E-state index is 14.7. The third-order valence-electron chi connectivity index (χ3n) is 8.41. The number of amides is 2. The van der Waals surface area contributed by atoms with E-state index in [1.54, 1.807) is 23.1 Å². The maximum absolute atomic E-state index is 14.7. The number of aliphatic hydroxyl groups excluding tert-OH is 1. The topological polar surface area (TPSA) is 95.0 Å². The highest BCUT2D eigenvalue weighted by atomic mass is 32.2. The van der Waals surface area contributed by atoms with Crippen LogP contribution in [0.1, 0.15) is 52.2 Å². The fourth-order valence-electron chi connectivity index (χ4n) is 6.73. The summed E-state index contributed by atoms with van der Waals surface area (Å²) in [5, 5.41) is 9.68. The number of para-hydroxylation sites is 1. The number of anilines is 2. The Morgan fingerprint density at radius 2 is 1.71 bits per heavy atom. The molecule has 8 heteroatoms. The van der Waals surface area contributed by atoms with Crippen LogP contribution < -0.4 is 4.90 Å². The lowest BCUT2D eigenvalue weighted by Crippen LogP contribution is -2.54. The standard InChI is InChI=1S/C33H38N2O5S/c1-21(2)29-33(16-17-34(29)30(37)32(3,4)5)26-12-7-8-13-27(26)35(31(33)38)25-11-9-10-22(18-25)23-14-15-24(20-36)28(19-23)41(6,39)40/h7-15,18-19,21,29,36H,16-17,20H2,1-6H3. The third-order valence-corrected chi connectivity index (χ3v) is 9.59. The largest absolute Gasteiger partial charge is 0.392 e. The number of rotatable bonds is 5. The molecule has 1 saturated heterocycles. The third kappa shape index (κ3) is 4.67. The van der Waals surface area contributed by atoms with Crippen molar-refractivity contribution >= 4 is 33.0 Å². The molecule has 1 fully saturated rings. The smallest absolute Gasteiger partial charge is 0.244 e. The Labute approximate surface area is 242 Å². The molecular weight excluding hydrogens is 536 g/mol. The van der Waals surface area contributed by atoms with Crippen LogP contribution >= 0.6 is 0 Å². The van der Waals surface area contributed by atoms with Gasteiger partial charge in [0.2, 0.25) is 11.8 Å². The average molecular weight is 575 g/mol. The van der Waals surface area contributed by atoms with E-state index in [1.807, 2.05) is 74.2 Å². The number of benzene rings is 3. The molecule has 1 spiro atoms. The van der Waals surface area contributed by atoms with Gasteiger partial charge in [0.25, 0.3) is 0 Å². The lowest BCUT2D eigenvalue weighted by Gasteiger charge is -2.39. The van der Waals surface area contributed by atoms with E-state index in [1.165, 1.54) is 0 Å². The number of sulfone groups is 1. The van der Waals surface area contributed by atoms with Gasteiger partial charge in [0, 0.05) is 23.9 Å². The molecule has 2 amide bonds. The van der Waals surface area contributed by atoms with E-state index in [0.717, 1.165) is 23.1 Å². The molecule has 2 aliphatic heterocycles. The van der Waals surface area contributed by atoms with Crippen LogP contribution in [0, 0.1) is 11.3 Å². The fraction of sp³-hybridized carbons (Fsp3) is 0.394. The second-order valence-electron chi connectivity index (χ2n) is 12.6. The first kappa shape index (κ1) is 29.0. The zero-order valence-corrected chi connectivity index (χ0v) is 25.3. The van der Waals surface area contributed by atoms with E-state index in [-0.39, 0.29) is 35.3 Å². The molecule has 7 nitrogen and oxygen atoms in total. The number of nitrogens with zero attached hydrogens (tertiary/aromatic N) is 2. The zero-order chi connectivity index (χ0) is 29.9. The van der Waals surface area contributed by atoms with E-state index in [0.29, 0.717) is 29.8 Å². The van der Waals surface area contributed by atoms with Crippen LogP contribution in [0.2, 0.25) is 0 Å². The van der Waals surface area contributed by atoms with E-state index in [9.17, 15) is 23.1 Å². The molecule has 216 valence electrons. The molecule has 0 aromatic heterocycles. The van der Waals surface area contributed by atoms with Crippen LogP contribution in [0.3, 0.4) is 0 Å². The number of carbonyl (C=O) groups is 2. The summed E-state index contributed by atoms with van der Waals surface area (Å²) in [6, 6.07) is 20.0. The van der Waals surface area contributed by atoms with Crippen LogP contribution in [0.4, 0.5) is 11.4 Å². The van der Waals surface area contributed by atoms with Crippen LogP contribution in [0.5, 0.6) is 0 Å². The average Bonchev–Trinajstić information content (AvgIpc) is 3.44. The quantitative estimate of drug-likeness (QED) is 0.436. The van der Waals surface area contributed by atoms with E-state index in [2.05, 4.69) is 13.8 Å². The Kier molecular flexibility index (Phi) is 7.15. The van der Waals surface area contributed by atoms with Crippen molar-refractivity contribution in [3.05, 3.63) is 77.9 Å². The van der Waals surface area contributed by atoms with Crippen LogP contribution in [-0.2, 0) is 31.4 Å². The first-order chi connectivity index (χ1) is 19.2. The van der Waals surface area contributed by atoms with Gasteiger partial charge in [-0.25, -0.2) is 8.42 Å². The Morgan fingerprint density at radius 1 is 1.02 bits per heavy atom. The summed E-state index contributed by atoms with van der Waals surface area (Å²) in [7, 11) is -3.56. The van der Waals surface area contributed by atoms with Crippen molar-refractivity contribution in [2.24, 2.45) is 11.3 Å². The molecule has 5 rings (SSSR count). The highest BCUT2D eigenvalue weighted by Crippen LogP contribution is 2.55. The van der Waals surface area contributed by atoms with Crippen molar-refractivity contribution in [2.75, 3.05) is 17.7 Å². The summed E-state index contributed by atoms with van der Waals surface area (Å²) < 4.78 is 24.9. The number of likely N-dealkylation sites (tertiary alicyclic amines) is 1. The summed E-state index contributed by atoms with van der Waals surface area (Å²) in [5.74, 6) is 0.0459. The molecule has 2 unspecified atom stereocenters. The molecule has 2 aliphatic rings. The Bertz CT molecular complexity index is 1640. The van der Waals surface area contributed by atoms with Gasteiger partial charge in [0.05, 0.1) is 28.6 Å². The van der Waals surface area contributed by atoms with E-state index >= 15 is 0 Å². The minimum absolute atomic E-state index is 0.0477. The summed E-state index contributed by atoms with van der Waals surface area (Å²) in [5.41, 5.74) is 2.74. The molecule has 1 N–H and O–H groups in total. The summed E-state index contributed by atoms with van der Waals surface area (Å²) in [6.45, 7) is 10.0. The van der Waals surface area contributed by atoms with Gasteiger partial charge in [-0.15, -0.1) is 0 Å². The van der Waals surface area contributed by atoms with Gasteiger partial charge in [-0.1, -0.05) is 77.1 Å². The van der Waals surface area contributed by atoms with Crippen LogP contribution in [0.25, 0.3) is 11.1 Å². The predicted octanol–water partition coefficient (Wildman–Crippen LogP) is 5.47. The van der Waals surface area contributed by atoms with Gasteiger partial charge < -0.3 is 10.0 Å². The maximum Gasteiger partial charge on any atom is 0.244 e. The Hall–Kier alpha value is -3.49. The van der Waals surface area contributed by atoms with Gasteiger partial charge in [-0.3, -0.25) is 14.5 Å². The molecule has 41 heavy (non-hydrogen) atoms. The normalized spacial score (nSPS) is 20.8. The second kappa shape index (κ2) is 10.1. The van der Waals surface area contributed by atoms with Gasteiger partial charge in [0.15, 0.2) is 9.84 Å². The first-order valence-electron chi connectivity index (χ1n) is 14.0. The van der Waals surface area contributed by atoms with Gasteiger partial charge in [-0.05, 0) is 58.9 Å². The Morgan fingerprint density at radius 3 is 2.34 bits per heavy atom. The van der Waals surface area contributed by atoms with Crippen LogP contribution in [0.15, 0.2) is 71.6 Å². The van der Waals surface area contributed by atoms with Gasteiger partial charge in [0.1, 0.15) is 0 Å². The number of aliphatic hydroxyl groups is 1. The molecule has 2 heterocycles. The fourth-order valence-corrected chi connectivity index (χ4v) is 7.68. The number of fused-ring (bicyclic) bond motifs is 2. The highest BCUT2D eigenvalue weighted by Gasteiger charge is 2.62. The van der Waals surface area contributed by atoms with Gasteiger partial charge >= 0.3 is 0 Å². The second-order valence-corrected chi connectivity index (χ2v) is 14.6. The molecule has 0 aliphatic carbocycles. The lowest BCUT2D eigenvalue weighted by molar-refractivity contribution is -0.142. The van der Waals surface area contributed by atoms with Crippen molar-refractivity contribution in [1.82, 2.24) is 4.90 Å². The highest BCUT2D eigenvalue weighted by molar-refractivity contribution is 7.90. The van der Waals surface area contributed by atoms with E-state index < -0.39 is 20.7 Å². The number of carbonyl (C=O) groups excluding carboxylic acids is 2. The number of hydrogen-bond donors (Lipinski definition) is 1. The van der Waals surface area contributed by atoms with Crippen molar-refractivity contribution in [1.29, 1.82) is 0 Å². The summed E-state index contributed by atoms with van der Waals surface area (Å²) in [4.78, 5) is 32.1. The molecule has 3 aromatic rings. The van der Waals surface area contributed by atoms with E-state index in [4.69, 9.17) is 0 Å². The lowest BCUT2D eigenvalue weighted by atomic mass is 9.71. The first-order valence-corrected chi connectivity index (χ1v) is 15.9. The molecule has 3 aromatic carbocycles. The molecule has 2 atom stereocenters. The molecule has 0 radical (unpaired) electrons. The van der Waals surface area contributed by atoms with Crippen molar-refractivity contribution < 1.29 is 23.1 Å². The summed E-state index contributed by atoms with van der Waals surface area (Å²) in [6.07, 6.45) is 1.67. The zero-order valence-electron chi connectivity index (χ0n) is 24.5. The molecule has 0 bridgehead atoms. The number of hydrogen-bond acceptors (Lipinski definition) is 5. The minimum atomic E-state index is -3.56. The van der Waals surface area contributed by atoms with Gasteiger partial charge in [-0.2, -0.15) is 0 Å². The molecule has 0 saturated carbocycles. The predicted molar refractivity (Wildman–Crippen MR) is 161 cm³/mol. The van der Waals surface area contributed by atoms with Crippen molar-refractivity contribution in [3.63, 3.8) is 0 Å². The van der Waals surface area contributed by atoms with Crippen molar-refractivity contribution in [2.45, 2.75) is 64.0 Å². The molecular formula is C33H38N2O5S. The summed E-state index contributed by atoms with van der Waals surface area (Å²) >= 11 is 0. The monoisotopic (exact) mass is 574 g/mol. The van der Waals surface area contributed by atoms with Crippen LogP contribution in [-0.4, -0.2) is 49.1 Å².